The molecule has 0 spiro atoms. The van der Waals surface area contributed by atoms with Gasteiger partial charge in [-0.3, -0.25) is 4.79 Å². The van der Waals surface area contributed by atoms with Crippen molar-refractivity contribution in [3.63, 3.8) is 0 Å². The first-order valence-corrected chi connectivity index (χ1v) is 5.28. The Balaban J connectivity index is 3.25. The number of carbonyl (C=O) groups is 1. The van der Waals surface area contributed by atoms with Crippen molar-refractivity contribution in [2.45, 2.75) is 18.5 Å². The number of halogens is 3. The SMILES string of the molecule is CN(C)c1ccccc1C(CC(=O)O)C(F)(F)F. The van der Waals surface area contributed by atoms with Gasteiger partial charge in [-0.2, -0.15) is 13.2 Å². The van der Waals surface area contributed by atoms with Gasteiger partial charge in [0.1, 0.15) is 0 Å². The van der Waals surface area contributed by atoms with Crippen LogP contribution in [0, 0.1) is 0 Å². The third-order valence-electron chi connectivity index (χ3n) is 2.57. The summed E-state index contributed by atoms with van der Waals surface area (Å²) >= 11 is 0. The van der Waals surface area contributed by atoms with E-state index < -0.39 is 24.5 Å². The molecule has 1 aromatic carbocycles. The Bertz CT molecular complexity index is 430. The van der Waals surface area contributed by atoms with Crippen LogP contribution in [0.15, 0.2) is 24.3 Å². The molecule has 3 nitrogen and oxygen atoms in total. The molecule has 0 radical (unpaired) electrons. The fourth-order valence-electron chi connectivity index (χ4n) is 1.77. The lowest BCUT2D eigenvalue weighted by atomic mass is 9.93. The number of carboxylic acid groups (broad SMARTS) is 1. The lowest BCUT2D eigenvalue weighted by Crippen LogP contribution is -2.25. The fourth-order valence-corrected chi connectivity index (χ4v) is 1.77. The van der Waals surface area contributed by atoms with Crippen LogP contribution in [0.4, 0.5) is 18.9 Å². The summed E-state index contributed by atoms with van der Waals surface area (Å²) < 4.78 is 38.8. The van der Waals surface area contributed by atoms with Crippen LogP contribution in [0.1, 0.15) is 17.9 Å². The van der Waals surface area contributed by atoms with Crippen molar-refractivity contribution in [3.05, 3.63) is 29.8 Å². The number of benzene rings is 1. The number of hydrogen-bond acceptors (Lipinski definition) is 2. The molecule has 0 aliphatic heterocycles. The molecule has 0 aliphatic carbocycles. The molecule has 0 fully saturated rings. The highest BCUT2D eigenvalue weighted by molar-refractivity contribution is 5.69. The van der Waals surface area contributed by atoms with E-state index >= 15 is 0 Å². The second-order valence-corrected chi connectivity index (χ2v) is 4.15. The predicted molar refractivity (Wildman–Crippen MR) is 61.8 cm³/mol. The second-order valence-electron chi connectivity index (χ2n) is 4.15. The maximum Gasteiger partial charge on any atom is 0.396 e. The van der Waals surface area contributed by atoms with Gasteiger partial charge in [-0.1, -0.05) is 18.2 Å². The zero-order valence-electron chi connectivity index (χ0n) is 10.0. The lowest BCUT2D eigenvalue weighted by Gasteiger charge is -2.24. The molecule has 0 aliphatic rings. The Morgan fingerprint density at radius 1 is 1.33 bits per heavy atom. The topological polar surface area (TPSA) is 40.5 Å². The van der Waals surface area contributed by atoms with Gasteiger partial charge in [0.05, 0.1) is 12.3 Å². The van der Waals surface area contributed by atoms with Crippen molar-refractivity contribution in [1.82, 2.24) is 0 Å². The molecule has 1 N–H and O–H groups in total. The van der Waals surface area contributed by atoms with Gasteiger partial charge in [-0.15, -0.1) is 0 Å². The highest BCUT2D eigenvalue weighted by Crippen LogP contribution is 2.41. The zero-order valence-corrected chi connectivity index (χ0v) is 10.0. The zero-order chi connectivity index (χ0) is 13.9. The van der Waals surface area contributed by atoms with Gasteiger partial charge < -0.3 is 10.0 Å². The van der Waals surface area contributed by atoms with Crippen molar-refractivity contribution in [1.29, 1.82) is 0 Å². The molecule has 0 bridgehead atoms. The molecule has 1 rings (SSSR count). The van der Waals surface area contributed by atoms with Gasteiger partial charge >= 0.3 is 12.1 Å². The molecule has 0 aromatic heterocycles. The second kappa shape index (κ2) is 5.29. The van der Waals surface area contributed by atoms with Gasteiger partial charge in [0.2, 0.25) is 0 Å². The summed E-state index contributed by atoms with van der Waals surface area (Å²) in [5, 5.41) is 8.62. The van der Waals surface area contributed by atoms with Crippen LogP contribution in [0.3, 0.4) is 0 Å². The largest absolute Gasteiger partial charge is 0.481 e. The number of aliphatic carboxylic acids is 1. The molecule has 0 amide bonds. The van der Waals surface area contributed by atoms with Crippen molar-refractivity contribution in [2.24, 2.45) is 0 Å². The number of rotatable bonds is 4. The molecule has 1 unspecified atom stereocenters. The molecule has 0 saturated heterocycles. The van der Waals surface area contributed by atoms with Gasteiger partial charge in [0, 0.05) is 19.8 Å². The van der Waals surface area contributed by atoms with E-state index in [0.29, 0.717) is 5.69 Å². The lowest BCUT2D eigenvalue weighted by molar-refractivity contribution is -0.163. The van der Waals surface area contributed by atoms with Crippen LogP contribution in [0.2, 0.25) is 0 Å². The van der Waals surface area contributed by atoms with Crippen LogP contribution in [0.25, 0.3) is 0 Å². The van der Waals surface area contributed by atoms with E-state index in [9.17, 15) is 18.0 Å². The summed E-state index contributed by atoms with van der Waals surface area (Å²) in [6.07, 6.45) is -5.54. The molecule has 18 heavy (non-hydrogen) atoms. The normalized spacial score (nSPS) is 13.2. The summed E-state index contributed by atoms with van der Waals surface area (Å²) in [5.41, 5.74) is 0.360. The third-order valence-corrected chi connectivity index (χ3v) is 2.57. The van der Waals surface area contributed by atoms with Crippen molar-refractivity contribution in [3.8, 4) is 0 Å². The minimum absolute atomic E-state index is 0.0163. The van der Waals surface area contributed by atoms with E-state index in [1.807, 2.05) is 0 Å². The standard InChI is InChI=1S/C12H14F3NO2/c1-16(2)10-6-4-3-5-8(10)9(7-11(17)18)12(13,14)15/h3-6,9H,7H2,1-2H3,(H,17,18). The van der Waals surface area contributed by atoms with Gasteiger partial charge in [0.15, 0.2) is 0 Å². The smallest absolute Gasteiger partial charge is 0.396 e. The number of para-hydroxylation sites is 1. The fraction of sp³-hybridized carbons (Fsp3) is 0.417. The summed E-state index contributed by atoms with van der Waals surface area (Å²) in [6, 6.07) is 5.95. The van der Waals surface area contributed by atoms with Gasteiger partial charge in [-0.05, 0) is 11.6 Å². The van der Waals surface area contributed by atoms with Crippen LogP contribution < -0.4 is 4.90 Å². The van der Waals surface area contributed by atoms with E-state index in [1.54, 1.807) is 20.2 Å². The van der Waals surface area contributed by atoms with Crippen LogP contribution in [-0.4, -0.2) is 31.3 Å². The number of hydrogen-bond donors (Lipinski definition) is 1. The average molecular weight is 261 g/mol. The highest BCUT2D eigenvalue weighted by atomic mass is 19.4. The summed E-state index contributed by atoms with van der Waals surface area (Å²) in [6.45, 7) is 0. The van der Waals surface area contributed by atoms with Crippen LogP contribution in [-0.2, 0) is 4.79 Å². The molecule has 1 aromatic rings. The molecule has 100 valence electrons. The maximum absolute atomic E-state index is 12.9. The number of anilines is 1. The minimum Gasteiger partial charge on any atom is -0.481 e. The maximum atomic E-state index is 12.9. The Kier molecular flexibility index (Phi) is 4.21. The van der Waals surface area contributed by atoms with E-state index in [0.717, 1.165) is 0 Å². The quantitative estimate of drug-likeness (QED) is 0.906. The van der Waals surface area contributed by atoms with Crippen molar-refractivity contribution >= 4 is 11.7 Å². The van der Waals surface area contributed by atoms with Gasteiger partial charge in [0.25, 0.3) is 0 Å². The molecule has 0 saturated carbocycles. The molecular weight excluding hydrogens is 247 g/mol. The summed E-state index contributed by atoms with van der Waals surface area (Å²) in [4.78, 5) is 12.1. The van der Waals surface area contributed by atoms with Crippen LogP contribution >= 0.6 is 0 Å². The van der Waals surface area contributed by atoms with Crippen molar-refractivity contribution in [2.75, 3.05) is 19.0 Å². The predicted octanol–water partition coefficient (Wildman–Crippen LogP) is 2.87. The third kappa shape index (κ3) is 3.38. The number of alkyl halides is 3. The van der Waals surface area contributed by atoms with Crippen LogP contribution in [0.5, 0.6) is 0 Å². The monoisotopic (exact) mass is 261 g/mol. The Morgan fingerprint density at radius 3 is 2.33 bits per heavy atom. The van der Waals surface area contributed by atoms with Crippen molar-refractivity contribution < 1.29 is 23.1 Å². The number of nitrogens with zero attached hydrogens (tertiary/aromatic N) is 1. The Morgan fingerprint density at radius 2 is 1.89 bits per heavy atom. The molecular formula is C12H14F3NO2. The first-order valence-electron chi connectivity index (χ1n) is 5.28. The summed E-state index contributed by atoms with van der Waals surface area (Å²) in [7, 11) is 3.24. The number of carboxylic acids is 1. The Labute approximate surface area is 103 Å². The first kappa shape index (κ1) is 14.3. The van der Waals surface area contributed by atoms with E-state index in [1.165, 1.54) is 23.1 Å². The average Bonchev–Trinajstić information content (AvgIpc) is 2.24. The van der Waals surface area contributed by atoms with E-state index in [2.05, 4.69) is 0 Å². The van der Waals surface area contributed by atoms with E-state index in [-0.39, 0.29) is 5.56 Å². The van der Waals surface area contributed by atoms with Gasteiger partial charge in [-0.25, -0.2) is 0 Å². The summed E-state index contributed by atoms with van der Waals surface area (Å²) in [5.74, 6) is -3.46. The molecule has 0 heterocycles. The molecule has 6 heteroatoms. The first-order chi connectivity index (χ1) is 8.23. The molecule has 1 atom stereocenters. The Hall–Kier alpha value is -1.72. The highest BCUT2D eigenvalue weighted by Gasteiger charge is 2.43. The van der Waals surface area contributed by atoms with E-state index in [4.69, 9.17) is 5.11 Å². The minimum atomic E-state index is -4.58.